The van der Waals surface area contributed by atoms with Crippen molar-refractivity contribution in [2.45, 2.75) is 6.54 Å². The largest absolute Gasteiger partial charge is 0.312 e. The average molecular weight is 230 g/mol. The van der Waals surface area contributed by atoms with Crippen LogP contribution in [0.2, 0.25) is 5.02 Å². The summed E-state index contributed by atoms with van der Waals surface area (Å²) in [5, 5.41) is 0.665. The van der Waals surface area contributed by atoms with Crippen molar-refractivity contribution in [3.63, 3.8) is 0 Å². The van der Waals surface area contributed by atoms with Gasteiger partial charge in [0.15, 0.2) is 0 Å². The third-order valence-electron chi connectivity index (χ3n) is 1.18. The minimum Gasteiger partial charge on any atom is -0.312 e. The van der Waals surface area contributed by atoms with E-state index in [1.54, 1.807) is 12.1 Å². The molecule has 0 aliphatic carbocycles. The molecule has 0 N–H and O–H groups in total. The Hall–Kier alpha value is -0.520. The van der Waals surface area contributed by atoms with E-state index >= 15 is 0 Å². The fraction of sp³-hybridized carbons (Fsp3) is 0.125. The molecule has 0 aromatic heterocycles. The number of nitrogens with zero attached hydrogens (tertiary/aromatic N) is 1. The molecular formula is C8H5BrClN. The van der Waals surface area contributed by atoms with Crippen molar-refractivity contribution in [2.24, 2.45) is 0 Å². The van der Waals surface area contributed by atoms with E-state index in [0.717, 1.165) is 10.0 Å². The van der Waals surface area contributed by atoms with Crippen molar-refractivity contribution in [2.75, 3.05) is 0 Å². The Morgan fingerprint density at radius 2 is 2.18 bits per heavy atom. The number of rotatable bonds is 1. The molecule has 1 nitrogen and oxygen atoms in total. The normalized spacial score (nSPS) is 9.18. The van der Waals surface area contributed by atoms with Gasteiger partial charge in [0.25, 0.3) is 0 Å². The van der Waals surface area contributed by atoms with Crippen LogP contribution in [0.3, 0.4) is 0 Å². The molecule has 0 saturated carbocycles. The van der Waals surface area contributed by atoms with Gasteiger partial charge in [0, 0.05) is 15.1 Å². The summed E-state index contributed by atoms with van der Waals surface area (Å²) in [4.78, 5) is 3.26. The molecule has 1 aromatic carbocycles. The third kappa shape index (κ3) is 2.53. The third-order valence-corrected chi connectivity index (χ3v) is 1.86. The SMILES string of the molecule is [C-]#[N+]Cc1cc(Cl)cc(Br)c1. The van der Waals surface area contributed by atoms with Crippen molar-refractivity contribution in [1.29, 1.82) is 0 Å². The number of benzene rings is 1. The van der Waals surface area contributed by atoms with Gasteiger partial charge in [0.05, 0.1) is 0 Å². The average Bonchev–Trinajstić information content (AvgIpc) is 1.85. The first-order valence-electron chi connectivity index (χ1n) is 3.00. The summed E-state index contributed by atoms with van der Waals surface area (Å²) in [5.74, 6) is 0. The van der Waals surface area contributed by atoms with Gasteiger partial charge in [-0.1, -0.05) is 27.5 Å². The van der Waals surface area contributed by atoms with Gasteiger partial charge in [-0.2, -0.15) is 0 Å². The molecule has 0 aliphatic rings. The van der Waals surface area contributed by atoms with E-state index in [1.165, 1.54) is 0 Å². The summed E-state index contributed by atoms with van der Waals surface area (Å²) < 4.78 is 0.920. The highest BCUT2D eigenvalue weighted by Gasteiger charge is 1.98. The first-order valence-corrected chi connectivity index (χ1v) is 4.17. The fourth-order valence-corrected chi connectivity index (χ4v) is 1.72. The molecule has 0 fully saturated rings. The van der Waals surface area contributed by atoms with Crippen LogP contribution in [0.4, 0.5) is 0 Å². The quantitative estimate of drug-likeness (QED) is 0.650. The molecule has 0 unspecified atom stereocenters. The highest BCUT2D eigenvalue weighted by molar-refractivity contribution is 9.10. The molecule has 11 heavy (non-hydrogen) atoms. The Bertz CT molecular complexity index is 283. The zero-order valence-electron chi connectivity index (χ0n) is 5.64. The zero-order valence-corrected chi connectivity index (χ0v) is 7.98. The fourth-order valence-electron chi connectivity index (χ4n) is 0.794. The molecule has 0 bridgehead atoms. The van der Waals surface area contributed by atoms with Gasteiger partial charge in [-0.05, 0) is 18.2 Å². The van der Waals surface area contributed by atoms with Crippen LogP contribution in [0.5, 0.6) is 0 Å². The van der Waals surface area contributed by atoms with Gasteiger partial charge in [-0.15, -0.1) is 0 Å². The predicted molar refractivity (Wildman–Crippen MR) is 49.5 cm³/mol. The standard InChI is InChI=1S/C8H5BrClN/c1-11-5-6-2-7(9)4-8(10)3-6/h2-4H,5H2. The van der Waals surface area contributed by atoms with Crippen LogP contribution in [0.1, 0.15) is 5.56 Å². The molecular weight excluding hydrogens is 225 g/mol. The van der Waals surface area contributed by atoms with Crippen LogP contribution in [-0.2, 0) is 6.54 Å². The maximum atomic E-state index is 6.65. The van der Waals surface area contributed by atoms with Gasteiger partial charge < -0.3 is 4.85 Å². The van der Waals surface area contributed by atoms with Gasteiger partial charge >= 0.3 is 0 Å². The predicted octanol–water partition coefficient (Wildman–Crippen LogP) is 3.52. The van der Waals surface area contributed by atoms with E-state index in [4.69, 9.17) is 18.2 Å². The summed E-state index contributed by atoms with van der Waals surface area (Å²) >= 11 is 9.05. The molecule has 1 rings (SSSR count). The number of hydrogen-bond donors (Lipinski definition) is 0. The molecule has 0 heterocycles. The molecule has 0 radical (unpaired) electrons. The molecule has 0 atom stereocenters. The van der Waals surface area contributed by atoms with Gasteiger partial charge in [0.1, 0.15) is 0 Å². The highest BCUT2D eigenvalue weighted by Crippen LogP contribution is 2.19. The molecule has 3 heteroatoms. The maximum Gasteiger partial charge on any atom is 0.239 e. The van der Waals surface area contributed by atoms with Gasteiger partial charge in [0.2, 0.25) is 6.54 Å². The molecule has 0 spiro atoms. The van der Waals surface area contributed by atoms with Crippen LogP contribution in [0.15, 0.2) is 22.7 Å². The van der Waals surface area contributed by atoms with Crippen LogP contribution < -0.4 is 0 Å². The minimum absolute atomic E-state index is 0.388. The lowest BCUT2D eigenvalue weighted by atomic mass is 10.2. The van der Waals surface area contributed by atoms with E-state index < -0.39 is 0 Å². The second-order valence-corrected chi connectivity index (χ2v) is 3.45. The Balaban J connectivity index is 3.01. The number of halogens is 2. The van der Waals surface area contributed by atoms with Crippen molar-refractivity contribution < 1.29 is 0 Å². The molecule has 56 valence electrons. The van der Waals surface area contributed by atoms with E-state index in [0.29, 0.717) is 11.6 Å². The molecule has 0 saturated heterocycles. The van der Waals surface area contributed by atoms with Crippen molar-refractivity contribution >= 4 is 27.5 Å². The lowest BCUT2D eigenvalue weighted by molar-refractivity contribution is 1.26. The summed E-state index contributed by atoms with van der Waals surface area (Å²) in [7, 11) is 0. The lowest BCUT2D eigenvalue weighted by Gasteiger charge is -1.94. The number of hydrogen-bond acceptors (Lipinski definition) is 0. The molecule has 0 amide bonds. The summed E-state index contributed by atoms with van der Waals surface area (Å²) in [6, 6.07) is 5.49. The van der Waals surface area contributed by atoms with Crippen molar-refractivity contribution in [3.8, 4) is 0 Å². The van der Waals surface area contributed by atoms with Crippen LogP contribution in [0, 0.1) is 6.57 Å². The first kappa shape index (κ1) is 8.58. The first-order chi connectivity index (χ1) is 5.22. The van der Waals surface area contributed by atoms with Gasteiger partial charge in [-0.25, -0.2) is 6.57 Å². The lowest BCUT2D eigenvalue weighted by Crippen LogP contribution is -1.78. The Morgan fingerprint density at radius 1 is 1.45 bits per heavy atom. The summed E-state index contributed by atoms with van der Waals surface area (Å²) in [6.45, 7) is 7.04. The topological polar surface area (TPSA) is 4.36 Å². The van der Waals surface area contributed by atoms with E-state index in [-0.39, 0.29) is 0 Å². The summed E-state index contributed by atoms with van der Waals surface area (Å²) in [5.41, 5.74) is 0.944. The minimum atomic E-state index is 0.388. The molecule has 0 aliphatic heterocycles. The highest BCUT2D eigenvalue weighted by atomic mass is 79.9. The molecule has 1 aromatic rings. The Morgan fingerprint density at radius 3 is 2.73 bits per heavy atom. The van der Waals surface area contributed by atoms with Crippen molar-refractivity contribution in [1.82, 2.24) is 0 Å². The zero-order chi connectivity index (χ0) is 8.27. The summed E-state index contributed by atoms with van der Waals surface area (Å²) in [6.07, 6.45) is 0. The Kier molecular flexibility index (Phi) is 2.92. The van der Waals surface area contributed by atoms with E-state index in [2.05, 4.69) is 20.8 Å². The Labute approximate surface area is 78.9 Å². The second kappa shape index (κ2) is 3.75. The van der Waals surface area contributed by atoms with Crippen LogP contribution in [0.25, 0.3) is 4.85 Å². The smallest absolute Gasteiger partial charge is 0.239 e. The van der Waals surface area contributed by atoms with Crippen LogP contribution >= 0.6 is 27.5 Å². The van der Waals surface area contributed by atoms with E-state index in [1.807, 2.05) is 6.07 Å². The van der Waals surface area contributed by atoms with E-state index in [9.17, 15) is 0 Å². The van der Waals surface area contributed by atoms with Gasteiger partial charge in [-0.3, -0.25) is 0 Å². The monoisotopic (exact) mass is 229 g/mol. The van der Waals surface area contributed by atoms with Crippen LogP contribution in [-0.4, -0.2) is 0 Å². The maximum absolute atomic E-state index is 6.65. The second-order valence-electron chi connectivity index (χ2n) is 2.09. The van der Waals surface area contributed by atoms with Crippen molar-refractivity contribution in [3.05, 3.63) is 44.7 Å².